The van der Waals surface area contributed by atoms with Crippen molar-refractivity contribution in [1.82, 2.24) is 0 Å². The molecule has 1 N–H and O–H groups in total. The number of ether oxygens (including phenoxy) is 1. The van der Waals surface area contributed by atoms with Crippen molar-refractivity contribution in [2.24, 2.45) is 0 Å². The van der Waals surface area contributed by atoms with Crippen molar-refractivity contribution in [3.8, 4) is 0 Å². The Morgan fingerprint density at radius 3 is 2.28 bits per heavy atom. The summed E-state index contributed by atoms with van der Waals surface area (Å²) in [5, 5.41) is 10.2. The van der Waals surface area contributed by atoms with Gasteiger partial charge in [-0.05, 0) is 18.9 Å². The van der Waals surface area contributed by atoms with E-state index >= 15 is 0 Å². The molecule has 5 heteroatoms. The Balaban J connectivity index is 3.19. The summed E-state index contributed by atoms with van der Waals surface area (Å²) in [6.07, 6.45) is -0.303. The summed E-state index contributed by atoms with van der Waals surface area (Å²) in [6, 6.07) is 7.41. The summed E-state index contributed by atoms with van der Waals surface area (Å²) in [6.45, 7) is 2.66. The van der Waals surface area contributed by atoms with Crippen molar-refractivity contribution in [3.05, 3.63) is 35.9 Å². The molecule has 1 aromatic carbocycles. The van der Waals surface area contributed by atoms with Gasteiger partial charge in [0.1, 0.15) is 0 Å². The highest BCUT2D eigenvalue weighted by atomic mass is 19.3. The second-order valence-corrected chi connectivity index (χ2v) is 3.87. The number of benzene rings is 1. The molecule has 0 bridgehead atoms. The van der Waals surface area contributed by atoms with Crippen molar-refractivity contribution >= 4 is 5.97 Å². The van der Waals surface area contributed by atoms with Crippen LogP contribution in [0.4, 0.5) is 8.78 Å². The maximum atomic E-state index is 14.0. The minimum Gasteiger partial charge on any atom is -0.461 e. The van der Waals surface area contributed by atoms with Gasteiger partial charge in [-0.25, -0.2) is 4.79 Å². The first-order chi connectivity index (χ1) is 8.40. The Kier molecular flexibility index (Phi) is 4.40. The van der Waals surface area contributed by atoms with E-state index in [1.165, 1.54) is 38.1 Å². The molecule has 1 atom stereocenters. The molecule has 0 saturated carbocycles. The van der Waals surface area contributed by atoms with Gasteiger partial charge >= 0.3 is 11.9 Å². The number of esters is 1. The molecule has 1 rings (SSSR count). The summed E-state index contributed by atoms with van der Waals surface area (Å²) >= 11 is 0. The molecule has 3 nitrogen and oxygen atoms in total. The van der Waals surface area contributed by atoms with Crippen LogP contribution in [-0.2, 0) is 15.1 Å². The molecule has 1 aromatic rings. The zero-order chi connectivity index (χ0) is 13.8. The maximum Gasteiger partial charge on any atom is 0.380 e. The van der Waals surface area contributed by atoms with Gasteiger partial charge in [-0.1, -0.05) is 37.3 Å². The van der Waals surface area contributed by atoms with E-state index in [-0.39, 0.29) is 18.6 Å². The third kappa shape index (κ3) is 2.36. The lowest BCUT2D eigenvalue weighted by molar-refractivity contribution is -0.218. The Bertz CT molecular complexity index is 406. The molecule has 0 amide bonds. The highest BCUT2D eigenvalue weighted by Crippen LogP contribution is 2.41. The number of aliphatic hydroxyl groups is 1. The van der Waals surface area contributed by atoms with Crippen LogP contribution < -0.4 is 0 Å². The van der Waals surface area contributed by atoms with Gasteiger partial charge in [-0.15, -0.1) is 0 Å². The summed E-state index contributed by atoms with van der Waals surface area (Å²) in [7, 11) is 0. The minimum atomic E-state index is -3.99. The molecule has 18 heavy (non-hydrogen) atoms. The lowest BCUT2D eigenvalue weighted by Gasteiger charge is -2.33. The molecule has 100 valence electrons. The molecule has 0 aliphatic rings. The van der Waals surface area contributed by atoms with Crippen LogP contribution in [0.15, 0.2) is 30.3 Å². The molecular formula is C13H16F2O3. The smallest absolute Gasteiger partial charge is 0.380 e. The van der Waals surface area contributed by atoms with E-state index in [0.717, 1.165) is 0 Å². The average molecular weight is 258 g/mol. The van der Waals surface area contributed by atoms with Crippen molar-refractivity contribution in [2.75, 3.05) is 6.61 Å². The van der Waals surface area contributed by atoms with E-state index in [2.05, 4.69) is 4.74 Å². The minimum absolute atomic E-state index is 0.00875. The second kappa shape index (κ2) is 5.44. The molecule has 0 heterocycles. The molecule has 0 saturated heterocycles. The van der Waals surface area contributed by atoms with E-state index in [1.54, 1.807) is 6.07 Å². The van der Waals surface area contributed by atoms with Crippen LogP contribution in [-0.4, -0.2) is 23.6 Å². The molecule has 0 spiro atoms. The van der Waals surface area contributed by atoms with Crippen LogP contribution in [0, 0.1) is 0 Å². The number of rotatable bonds is 5. The molecule has 0 aliphatic carbocycles. The molecule has 0 aliphatic heterocycles. The van der Waals surface area contributed by atoms with Crippen molar-refractivity contribution < 1.29 is 23.4 Å². The second-order valence-electron chi connectivity index (χ2n) is 3.87. The van der Waals surface area contributed by atoms with E-state index in [4.69, 9.17) is 0 Å². The highest BCUT2D eigenvalue weighted by Gasteiger charge is 2.59. The van der Waals surface area contributed by atoms with E-state index in [0.29, 0.717) is 0 Å². The van der Waals surface area contributed by atoms with Gasteiger partial charge in [0.25, 0.3) is 0 Å². The normalized spacial score (nSPS) is 14.9. The van der Waals surface area contributed by atoms with Gasteiger partial charge in [0, 0.05) is 0 Å². The Morgan fingerprint density at radius 2 is 1.83 bits per heavy atom. The van der Waals surface area contributed by atoms with E-state index < -0.39 is 17.5 Å². The largest absolute Gasteiger partial charge is 0.461 e. The van der Waals surface area contributed by atoms with Crippen molar-refractivity contribution in [2.45, 2.75) is 31.8 Å². The molecule has 0 radical (unpaired) electrons. The van der Waals surface area contributed by atoms with Crippen LogP contribution in [0.1, 0.15) is 25.8 Å². The van der Waals surface area contributed by atoms with Gasteiger partial charge in [0.05, 0.1) is 6.61 Å². The van der Waals surface area contributed by atoms with Gasteiger partial charge < -0.3 is 9.84 Å². The first-order valence-corrected chi connectivity index (χ1v) is 5.73. The maximum absolute atomic E-state index is 14.0. The zero-order valence-electron chi connectivity index (χ0n) is 10.3. The predicted octanol–water partition coefficient (Wildman–Crippen LogP) is 2.48. The Hall–Kier alpha value is -1.49. The van der Waals surface area contributed by atoms with Crippen LogP contribution in [0.2, 0.25) is 0 Å². The first-order valence-electron chi connectivity index (χ1n) is 5.73. The number of carbonyl (C=O) groups excluding carboxylic acids is 1. The molecule has 0 fully saturated rings. The van der Waals surface area contributed by atoms with Gasteiger partial charge in [-0.2, -0.15) is 8.78 Å². The summed E-state index contributed by atoms with van der Waals surface area (Å²) in [5.74, 6) is -5.70. The van der Waals surface area contributed by atoms with Crippen LogP contribution >= 0.6 is 0 Å². The van der Waals surface area contributed by atoms with Crippen molar-refractivity contribution in [1.29, 1.82) is 0 Å². The van der Waals surface area contributed by atoms with E-state index in [9.17, 15) is 18.7 Å². The van der Waals surface area contributed by atoms with Crippen LogP contribution in [0.25, 0.3) is 0 Å². The molecular weight excluding hydrogens is 242 g/mol. The Labute approximate surface area is 104 Å². The Morgan fingerprint density at radius 1 is 1.28 bits per heavy atom. The molecule has 0 aromatic heterocycles. The quantitative estimate of drug-likeness (QED) is 0.825. The van der Waals surface area contributed by atoms with Crippen LogP contribution in [0.5, 0.6) is 0 Å². The number of halogens is 2. The van der Waals surface area contributed by atoms with E-state index in [1.807, 2.05) is 0 Å². The summed E-state index contributed by atoms with van der Waals surface area (Å²) in [5.41, 5.74) is -2.56. The fourth-order valence-corrected chi connectivity index (χ4v) is 1.71. The third-order valence-electron chi connectivity index (χ3n) is 2.81. The standard InChI is InChI=1S/C13H16F2O3/c1-3-12(17,10-8-6-5-7-9-10)13(14,15)11(16)18-4-2/h5-9,17H,3-4H2,1-2H3/t12-/m0/s1. The molecule has 0 unspecified atom stereocenters. The number of carbonyl (C=O) groups is 1. The lowest BCUT2D eigenvalue weighted by Crippen LogP contribution is -2.51. The van der Waals surface area contributed by atoms with Gasteiger partial charge in [-0.3, -0.25) is 0 Å². The van der Waals surface area contributed by atoms with Crippen LogP contribution in [0.3, 0.4) is 0 Å². The number of alkyl halides is 2. The number of hydrogen-bond acceptors (Lipinski definition) is 3. The lowest BCUT2D eigenvalue weighted by atomic mass is 9.85. The monoisotopic (exact) mass is 258 g/mol. The third-order valence-corrected chi connectivity index (χ3v) is 2.81. The fraction of sp³-hybridized carbons (Fsp3) is 0.462. The first kappa shape index (κ1) is 14.6. The summed E-state index contributed by atoms with van der Waals surface area (Å²) < 4.78 is 32.4. The van der Waals surface area contributed by atoms with Crippen molar-refractivity contribution in [3.63, 3.8) is 0 Å². The SMILES string of the molecule is CCOC(=O)C(F)(F)[C@](O)(CC)c1ccccc1. The van der Waals surface area contributed by atoms with Gasteiger partial charge in [0.15, 0.2) is 5.60 Å². The summed E-state index contributed by atoms with van der Waals surface area (Å²) in [4.78, 5) is 11.3. The zero-order valence-corrected chi connectivity index (χ0v) is 10.3. The number of hydrogen-bond donors (Lipinski definition) is 1. The average Bonchev–Trinajstić information content (AvgIpc) is 2.38. The van der Waals surface area contributed by atoms with Gasteiger partial charge in [0.2, 0.25) is 0 Å². The predicted molar refractivity (Wildman–Crippen MR) is 62.2 cm³/mol. The highest BCUT2D eigenvalue weighted by molar-refractivity contribution is 5.79. The fourth-order valence-electron chi connectivity index (χ4n) is 1.71. The topological polar surface area (TPSA) is 46.5 Å².